The van der Waals surface area contributed by atoms with E-state index in [1.807, 2.05) is 19.1 Å². The maximum absolute atomic E-state index is 12.6. The zero-order valence-electron chi connectivity index (χ0n) is 6.85. The molecule has 1 aromatic rings. The Morgan fingerprint density at radius 2 is 2.25 bits per heavy atom. The van der Waals surface area contributed by atoms with E-state index in [1.54, 1.807) is 6.07 Å². The molecule has 0 N–H and O–H groups in total. The fourth-order valence-corrected chi connectivity index (χ4v) is 1.18. The molecular formula is C10H10BrF. The normalized spacial score (nSPS) is 10.9. The van der Waals surface area contributed by atoms with E-state index in [-0.39, 0.29) is 5.82 Å². The summed E-state index contributed by atoms with van der Waals surface area (Å²) in [6.07, 6.45) is 3.96. The summed E-state index contributed by atoms with van der Waals surface area (Å²) in [5.74, 6) is -0.177. The molecule has 1 aromatic carbocycles. The fourth-order valence-electron chi connectivity index (χ4n) is 0.998. The van der Waals surface area contributed by atoms with E-state index in [1.165, 1.54) is 12.1 Å². The highest BCUT2D eigenvalue weighted by Crippen LogP contribution is 2.11. The van der Waals surface area contributed by atoms with Crippen LogP contribution in [0.25, 0.3) is 6.08 Å². The van der Waals surface area contributed by atoms with Crippen molar-refractivity contribution in [3.05, 3.63) is 41.2 Å². The van der Waals surface area contributed by atoms with Gasteiger partial charge in [0.2, 0.25) is 0 Å². The van der Waals surface area contributed by atoms with Gasteiger partial charge in [-0.3, -0.25) is 0 Å². The third-order valence-corrected chi connectivity index (χ3v) is 1.99. The summed E-state index contributed by atoms with van der Waals surface area (Å²) in [5, 5.41) is 0.823. The minimum atomic E-state index is -0.177. The molecular weight excluding hydrogens is 219 g/mol. The summed E-state index contributed by atoms with van der Waals surface area (Å²) in [4.78, 5) is 0. The van der Waals surface area contributed by atoms with E-state index in [0.717, 1.165) is 16.5 Å². The van der Waals surface area contributed by atoms with Crippen molar-refractivity contribution in [3.63, 3.8) is 0 Å². The summed E-state index contributed by atoms with van der Waals surface area (Å²) in [6.45, 7) is 1.90. The van der Waals surface area contributed by atoms with Crippen LogP contribution in [0.15, 0.2) is 24.3 Å². The monoisotopic (exact) mass is 228 g/mol. The first kappa shape index (κ1) is 9.46. The predicted octanol–water partition coefficient (Wildman–Crippen LogP) is 3.54. The van der Waals surface area contributed by atoms with Crippen LogP contribution in [0.4, 0.5) is 4.39 Å². The van der Waals surface area contributed by atoms with Crippen molar-refractivity contribution in [1.82, 2.24) is 0 Å². The molecule has 2 heteroatoms. The summed E-state index contributed by atoms with van der Waals surface area (Å²) < 4.78 is 12.6. The molecule has 0 heterocycles. The molecule has 0 saturated heterocycles. The highest BCUT2D eigenvalue weighted by molar-refractivity contribution is 9.09. The van der Waals surface area contributed by atoms with Crippen molar-refractivity contribution < 1.29 is 4.39 Å². The molecule has 0 spiro atoms. The maximum atomic E-state index is 12.6. The second-order valence-electron chi connectivity index (χ2n) is 2.56. The van der Waals surface area contributed by atoms with Crippen molar-refractivity contribution >= 4 is 22.0 Å². The Morgan fingerprint density at radius 3 is 2.83 bits per heavy atom. The molecule has 0 atom stereocenters. The van der Waals surface area contributed by atoms with Crippen molar-refractivity contribution in [2.45, 2.75) is 6.92 Å². The second kappa shape index (κ2) is 4.41. The van der Waals surface area contributed by atoms with Gasteiger partial charge in [-0.2, -0.15) is 0 Å². The number of halogens is 2. The summed E-state index contributed by atoms with van der Waals surface area (Å²) in [5.41, 5.74) is 2.03. The molecule has 0 aliphatic rings. The lowest BCUT2D eigenvalue weighted by atomic mass is 10.1. The maximum Gasteiger partial charge on any atom is 0.123 e. The van der Waals surface area contributed by atoms with Crippen LogP contribution < -0.4 is 0 Å². The molecule has 0 bridgehead atoms. The molecule has 0 aromatic heterocycles. The lowest BCUT2D eigenvalue weighted by Crippen LogP contribution is -1.82. The van der Waals surface area contributed by atoms with Crippen molar-refractivity contribution in [1.29, 1.82) is 0 Å². The van der Waals surface area contributed by atoms with Gasteiger partial charge in [-0.25, -0.2) is 4.39 Å². The number of hydrogen-bond acceptors (Lipinski definition) is 0. The Bertz CT molecular complexity index is 292. The number of alkyl halides is 1. The van der Waals surface area contributed by atoms with Crippen LogP contribution in [-0.2, 0) is 0 Å². The van der Waals surface area contributed by atoms with Gasteiger partial charge >= 0.3 is 0 Å². The molecule has 0 unspecified atom stereocenters. The molecule has 0 nitrogen and oxygen atoms in total. The summed E-state index contributed by atoms with van der Waals surface area (Å²) in [6, 6.07) is 4.79. The molecule has 0 aliphatic heterocycles. The third-order valence-electron chi connectivity index (χ3n) is 1.62. The van der Waals surface area contributed by atoms with Crippen LogP contribution in [0.1, 0.15) is 11.1 Å². The lowest BCUT2D eigenvalue weighted by molar-refractivity contribution is 0.626. The number of aryl methyl sites for hydroxylation is 1. The van der Waals surface area contributed by atoms with Crippen molar-refractivity contribution in [2.75, 3.05) is 5.33 Å². The Labute approximate surface area is 80.2 Å². The fraction of sp³-hybridized carbons (Fsp3) is 0.200. The first-order valence-corrected chi connectivity index (χ1v) is 4.85. The Hall–Kier alpha value is -0.630. The quantitative estimate of drug-likeness (QED) is 0.680. The first-order chi connectivity index (χ1) is 5.74. The third kappa shape index (κ3) is 2.45. The van der Waals surface area contributed by atoms with Crippen LogP contribution in [-0.4, -0.2) is 5.33 Å². The van der Waals surface area contributed by atoms with E-state index in [4.69, 9.17) is 0 Å². The predicted molar refractivity (Wildman–Crippen MR) is 54.0 cm³/mol. The highest BCUT2D eigenvalue weighted by Gasteiger charge is 1.94. The zero-order valence-corrected chi connectivity index (χ0v) is 8.44. The molecule has 0 aliphatic carbocycles. The van der Waals surface area contributed by atoms with Crippen LogP contribution in [0.5, 0.6) is 0 Å². The molecule has 1 rings (SSSR count). The molecule has 12 heavy (non-hydrogen) atoms. The van der Waals surface area contributed by atoms with E-state index >= 15 is 0 Å². The Balaban J connectivity index is 2.94. The Morgan fingerprint density at radius 1 is 1.50 bits per heavy atom. The topological polar surface area (TPSA) is 0 Å². The zero-order chi connectivity index (χ0) is 8.97. The van der Waals surface area contributed by atoms with Gasteiger partial charge in [0.25, 0.3) is 0 Å². The van der Waals surface area contributed by atoms with E-state index in [2.05, 4.69) is 15.9 Å². The standard InChI is InChI=1S/C10H10BrF/c1-8-7-10(12)5-4-9(8)3-2-6-11/h2-5,7H,6H2,1H3. The second-order valence-corrected chi connectivity index (χ2v) is 3.21. The molecule has 0 saturated carbocycles. The number of allylic oxidation sites excluding steroid dienone is 1. The van der Waals surface area contributed by atoms with Gasteiger partial charge in [0.1, 0.15) is 5.82 Å². The van der Waals surface area contributed by atoms with Crippen molar-refractivity contribution in [2.24, 2.45) is 0 Å². The van der Waals surface area contributed by atoms with Gasteiger partial charge in [0, 0.05) is 5.33 Å². The molecule has 0 amide bonds. The van der Waals surface area contributed by atoms with E-state index in [0.29, 0.717) is 0 Å². The molecule has 64 valence electrons. The number of rotatable bonds is 2. The highest BCUT2D eigenvalue weighted by atomic mass is 79.9. The molecule has 0 fully saturated rings. The van der Waals surface area contributed by atoms with Gasteiger partial charge in [0.05, 0.1) is 0 Å². The Kier molecular flexibility index (Phi) is 3.48. The summed E-state index contributed by atoms with van der Waals surface area (Å²) >= 11 is 3.28. The lowest BCUT2D eigenvalue weighted by Gasteiger charge is -1.98. The molecule has 0 radical (unpaired) electrons. The largest absolute Gasteiger partial charge is 0.207 e. The van der Waals surface area contributed by atoms with Crippen LogP contribution >= 0.6 is 15.9 Å². The van der Waals surface area contributed by atoms with Gasteiger partial charge in [0.15, 0.2) is 0 Å². The first-order valence-electron chi connectivity index (χ1n) is 3.72. The van der Waals surface area contributed by atoms with Crippen LogP contribution in [0, 0.1) is 12.7 Å². The van der Waals surface area contributed by atoms with E-state index < -0.39 is 0 Å². The van der Waals surface area contributed by atoms with Gasteiger partial charge in [-0.05, 0) is 30.2 Å². The average Bonchev–Trinajstić information content (AvgIpc) is 2.03. The average molecular weight is 229 g/mol. The van der Waals surface area contributed by atoms with Gasteiger partial charge < -0.3 is 0 Å². The number of hydrogen-bond donors (Lipinski definition) is 0. The minimum Gasteiger partial charge on any atom is -0.207 e. The smallest absolute Gasteiger partial charge is 0.123 e. The van der Waals surface area contributed by atoms with Crippen LogP contribution in [0.3, 0.4) is 0 Å². The van der Waals surface area contributed by atoms with Gasteiger partial charge in [-0.1, -0.05) is 34.1 Å². The van der Waals surface area contributed by atoms with Crippen molar-refractivity contribution in [3.8, 4) is 0 Å². The number of benzene rings is 1. The minimum absolute atomic E-state index is 0.177. The van der Waals surface area contributed by atoms with Gasteiger partial charge in [-0.15, -0.1) is 0 Å². The SMILES string of the molecule is Cc1cc(F)ccc1C=CCBr. The van der Waals surface area contributed by atoms with E-state index in [9.17, 15) is 4.39 Å². The summed E-state index contributed by atoms with van der Waals surface area (Å²) in [7, 11) is 0. The van der Waals surface area contributed by atoms with Crippen LogP contribution in [0.2, 0.25) is 0 Å².